The van der Waals surface area contributed by atoms with Crippen LogP contribution in [-0.2, 0) is 9.59 Å². The quantitative estimate of drug-likeness (QED) is 0.823. The minimum atomic E-state index is -0.189. The predicted molar refractivity (Wildman–Crippen MR) is 112 cm³/mol. The summed E-state index contributed by atoms with van der Waals surface area (Å²) in [5.74, 6) is 1.00. The second kappa shape index (κ2) is 8.11. The summed E-state index contributed by atoms with van der Waals surface area (Å²) in [5, 5.41) is 3.54. The van der Waals surface area contributed by atoms with Crippen LogP contribution in [0.1, 0.15) is 67.7 Å². The number of nitrogens with zero attached hydrogens (tertiary/aromatic N) is 3. The van der Waals surface area contributed by atoms with E-state index < -0.39 is 0 Å². The topological polar surface area (TPSA) is 75.2 Å². The molecule has 0 aliphatic carbocycles. The molecule has 6 nitrogen and oxygen atoms in total. The molecule has 1 aromatic carbocycles. The Morgan fingerprint density at radius 2 is 1.90 bits per heavy atom. The van der Waals surface area contributed by atoms with E-state index in [2.05, 4.69) is 22.2 Å². The van der Waals surface area contributed by atoms with Crippen LogP contribution in [0.15, 0.2) is 30.6 Å². The van der Waals surface area contributed by atoms with Crippen molar-refractivity contribution in [2.24, 2.45) is 0 Å². The Bertz CT molecular complexity index is 923. The van der Waals surface area contributed by atoms with Gasteiger partial charge in [0.05, 0.1) is 11.6 Å². The second-order valence-corrected chi connectivity index (χ2v) is 8.48. The van der Waals surface area contributed by atoms with Gasteiger partial charge in [0, 0.05) is 36.0 Å². The van der Waals surface area contributed by atoms with Gasteiger partial charge in [-0.3, -0.25) is 9.59 Å². The van der Waals surface area contributed by atoms with Crippen LogP contribution in [0.25, 0.3) is 0 Å². The monoisotopic (exact) mass is 412 g/mol. The van der Waals surface area contributed by atoms with Crippen molar-refractivity contribution in [2.45, 2.75) is 50.9 Å². The number of anilines is 1. The fourth-order valence-electron chi connectivity index (χ4n) is 4.42. The highest BCUT2D eigenvalue weighted by Gasteiger charge is 2.33. The molecule has 1 unspecified atom stereocenters. The van der Waals surface area contributed by atoms with Crippen molar-refractivity contribution in [1.29, 1.82) is 0 Å². The summed E-state index contributed by atoms with van der Waals surface area (Å²) in [6.07, 6.45) is 3.72. The molecule has 2 atom stereocenters. The SMILES string of the molecule is CC(C(=O)N1CCC(c2ncnc3c2[C@H](C)CC(=O)N3)CC1)c1ccc(Cl)cc1. The number of halogens is 1. The van der Waals surface area contributed by atoms with Gasteiger partial charge in [-0.1, -0.05) is 30.7 Å². The van der Waals surface area contributed by atoms with E-state index in [0.29, 0.717) is 30.4 Å². The minimum absolute atomic E-state index is 0.00579. The van der Waals surface area contributed by atoms with Crippen LogP contribution in [0.3, 0.4) is 0 Å². The highest BCUT2D eigenvalue weighted by molar-refractivity contribution is 6.30. The van der Waals surface area contributed by atoms with E-state index in [0.717, 1.165) is 29.7 Å². The van der Waals surface area contributed by atoms with Crippen molar-refractivity contribution in [2.75, 3.05) is 18.4 Å². The third-order valence-electron chi connectivity index (χ3n) is 6.09. The summed E-state index contributed by atoms with van der Waals surface area (Å²) < 4.78 is 0. The third kappa shape index (κ3) is 3.99. The molecular formula is C22H25ClN4O2. The van der Waals surface area contributed by atoms with E-state index in [1.165, 1.54) is 6.33 Å². The van der Waals surface area contributed by atoms with Crippen molar-refractivity contribution < 1.29 is 9.59 Å². The van der Waals surface area contributed by atoms with Gasteiger partial charge in [-0.05, 0) is 43.4 Å². The maximum absolute atomic E-state index is 13.0. The summed E-state index contributed by atoms with van der Waals surface area (Å²) in [5.41, 5.74) is 3.07. The van der Waals surface area contributed by atoms with Crippen molar-refractivity contribution >= 4 is 29.2 Å². The summed E-state index contributed by atoms with van der Waals surface area (Å²) in [6.45, 7) is 5.42. The molecule has 1 aromatic heterocycles. The summed E-state index contributed by atoms with van der Waals surface area (Å²) in [7, 11) is 0. The number of carbonyl (C=O) groups excluding carboxylic acids is 2. The molecule has 3 heterocycles. The molecule has 4 rings (SSSR count). The molecule has 2 aliphatic rings. The number of piperidine rings is 1. The first-order valence-corrected chi connectivity index (χ1v) is 10.5. The van der Waals surface area contributed by atoms with Crippen LogP contribution < -0.4 is 5.32 Å². The maximum atomic E-state index is 13.0. The molecule has 1 fully saturated rings. The minimum Gasteiger partial charge on any atom is -0.342 e. The van der Waals surface area contributed by atoms with Gasteiger partial charge >= 0.3 is 0 Å². The van der Waals surface area contributed by atoms with Gasteiger partial charge in [-0.2, -0.15) is 0 Å². The number of rotatable bonds is 3. The van der Waals surface area contributed by atoms with Crippen LogP contribution in [-0.4, -0.2) is 39.8 Å². The van der Waals surface area contributed by atoms with Gasteiger partial charge in [0.2, 0.25) is 11.8 Å². The van der Waals surface area contributed by atoms with Crippen LogP contribution in [0.4, 0.5) is 5.82 Å². The maximum Gasteiger partial charge on any atom is 0.229 e. The Balaban J connectivity index is 1.45. The van der Waals surface area contributed by atoms with Gasteiger partial charge < -0.3 is 10.2 Å². The number of carbonyl (C=O) groups is 2. The molecule has 1 N–H and O–H groups in total. The van der Waals surface area contributed by atoms with E-state index in [9.17, 15) is 9.59 Å². The van der Waals surface area contributed by atoms with Gasteiger partial charge in [0.1, 0.15) is 12.1 Å². The number of fused-ring (bicyclic) bond motifs is 1. The molecule has 0 radical (unpaired) electrons. The molecule has 0 saturated carbocycles. The number of hydrogen-bond donors (Lipinski definition) is 1. The molecule has 7 heteroatoms. The Morgan fingerprint density at radius 3 is 2.59 bits per heavy atom. The lowest BCUT2D eigenvalue weighted by atomic mass is 9.84. The Kier molecular flexibility index (Phi) is 5.54. The van der Waals surface area contributed by atoms with E-state index >= 15 is 0 Å². The molecule has 1 saturated heterocycles. The van der Waals surface area contributed by atoms with E-state index in [4.69, 9.17) is 11.6 Å². The number of hydrogen-bond acceptors (Lipinski definition) is 4. The predicted octanol–water partition coefficient (Wildman–Crippen LogP) is 4.09. The third-order valence-corrected chi connectivity index (χ3v) is 6.34. The summed E-state index contributed by atoms with van der Waals surface area (Å²) in [6, 6.07) is 7.48. The standard InChI is InChI=1S/C22H25ClN4O2/c1-13-11-18(28)26-21-19(13)20(24-12-25-21)16-7-9-27(10-8-16)22(29)14(2)15-3-5-17(23)6-4-15/h3-6,12-14,16H,7-11H2,1-2H3,(H,24,25,26,28)/t13-,14?/m1/s1. The normalized spacial score (nSPS) is 20.7. The van der Waals surface area contributed by atoms with Gasteiger partial charge in [-0.15, -0.1) is 0 Å². The smallest absolute Gasteiger partial charge is 0.229 e. The average Bonchev–Trinajstić information content (AvgIpc) is 2.72. The highest BCUT2D eigenvalue weighted by Crippen LogP contribution is 2.38. The first-order chi connectivity index (χ1) is 13.9. The lowest BCUT2D eigenvalue weighted by molar-refractivity contribution is -0.133. The van der Waals surface area contributed by atoms with Gasteiger partial charge in [0.15, 0.2) is 0 Å². The number of nitrogens with one attached hydrogen (secondary N) is 1. The fraction of sp³-hybridized carbons (Fsp3) is 0.455. The number of benzene rings is 1. The average molecular weight is 413 g/mol. The lowest BCUT2D eigenvalue weighted by Crippen LogP contribution is -2.40. The molecule has 0 bridgehead atoms. The molecule has 2 aromatic rings. The van der Waals surface area contributed by atoms with Crippen molar-refractivity contribution in [1.82, 2.24) is 14.9 Å². The zero-order valence-electron chi connectivity index (χ0n) is 16.7. The van der Waals surface area contributed by atoms with E-state index in [1.807, 2.05) is 36.1 Å². The van der Waals surface area contributed by atoms with Gasteiger partial charge in [-0.25, -0.2) is 9.97 Å². The molecular weight excluding hydrogens is 388 g/mol. The Hall–Kier alpha value is -2.47. The van der Waals surface area contributed by atoms with Crippen LogP contribution >= 0.6 is 11.6 Å². The molecule has 29 heavy (non-hydrogen) atoms. The molecule has 2 amide bonds. The van der Waals surface area contributed by atoms with E-state index in [1.54, 1.807) is 0 Å². The van der Waals surface area contributed by atoms with Crippen molar-refractivity contribution in [3.8, 4) is 0 Å². The second-order valence-electron chi connectivity index (χ2n) is 8.05. The van der Waals surface area contributed by atoms with Crippen molar-refractivity contribution in [3.63, 3.8) is 0 Å². The summed E-state index contributed by atoms with van der Waals surface area (Å²) in [4.78, 5) is 35.6. The Morgan fingerprint density at radius 1 is 1.21 bits per heavy atom. The first-order valence-electron chi connectivity index (χ1n) is 10.1. The Labute approximate surface area is 175 Å². The zero-order valence-corrected chi connectivity index (χ0v) is 17.4. The fourth-order valence-corrected chi connectivity index (χ4v) is 4.55. The highest BCUT2D eigenvalue weighted by atomic mass is 35.5. The summed E-state index contributed by atoms with van der Waals surface area (Å²) >= 11 is 5.96. The first kappa shape index (κ1) is 19.8. The number of likely N-dealkylation sites (tertiary alicyclic amines) is 1. The van der Waals surface area contributed by atoms with Crippen LogP contribution in [0.5, 0.6) is 0 Å². The van der Waals surface area contributed by atoms with Crippen LogP contribution in [0, 0.1) is 0 Å². The molecule has 152 valence electrons. The number of amides is 2. The van der Waals surface area contributed by atoms with Gasteiger partial charge in [0.25, 0.3) is 0 Å². The van der Waals surface area contributed by atoms with Crippen molar-refractivity contribution in [3.05, 3.63) is 52.4 Å². The van der Waals surface area contributed by atoms with E-state index in [-0.39, 0.29) is 29.6 Å². The molecule has 2 aliphatic heterocycles. The van der Waals surface area contributed by atoms with Crippen LogP contribution in [0.2, 0.25) is 5.02 Å². The number of aromatic nitrogens is 2. The largest absolute Gasteiger partial charge is 0.342 e. The zero-order chi connectivity index (χ0) is 20.5. The lowest BCUT2D eigenvalue weighted by Gasteiger charge is -2.35. The molecule has 0 spiro atoms.